The third-order valence-electron chi connectivity index (χ3n) is 6.61. The lowest BCUT2D eigenvalue weighted by molar-refractivity contribution is -0.114. The number of benzene rings is 2. The van der Waals surface area contributed by atoms with Gasteiger partial charge in [0.05, 0.1) is 5.69 Å². The largest absolute Gasteiger partial charge is 0.347 e. The first-order chi connectivity index (χ1) is 17.2. The predicted octanol–water partition coefficient (Wildman–Crippen LogP) is 6.72. The van der Waals surface area contributed by atoms with Crippen LogP contribution in [0.1, 0.15) is 38.5 Å². The Morgan fingerprint density at radius 1 is 0.943 bits per heavy atom. The van der Waals surface area contributed by atoms with E-state index >= 15 is 0 Å². The summed E-state index contributed by atoms with van der Waals surface area (Å²) >= 11 is 0. The molecule has 0 atom stereocenters. The van der Waals surface area contributed by atoms with Crippen molar-refractivity contribution in [1.82, 2.24) is 14.5 Å². The number of carbonyl (C=O) groups is 1. The summed E-state index contributed by atoms with van der Waals surface area (Å²) in [4.78, 5) is 23.7. The number of hydrogen-bond donors (Lipinski definition) is 1. The lowest BCUT2D eigenvalue weighted by Crippen LogP contribution is -2.30. The normalized spacial score (nSPS) is 14.9. The van der Waals surface area contributed by atoms with Gasteiger partial charge in [0, 0.05) is 53.3 Å². The van der Waals surface area contributed by atoms with Crippen molar-refractivity contribution >= 4 is 34.1 Å². The maximum Gasteiger partial charge on any atom is 0.250 e. The maximum atomic E-state index is 12.6. The number of carbonyl (C=O) groups excluding carboxylic acids is 1. The first kappa shape index (κ1) is 22.8. The Morgan fingerprint density at radius 2 is 1.74 bits per heavy atom. The third kappa shape index (κ3) is 5.11. The van der Waals surface area contributed by atoms with Crippen LogP contribution in [-0.4, -0.2) is 27.0 Å². The Kier molecular flexibility index (Phi) is 6.89. The SMILES string of the molecule is C=CC(=O)N1CCCCCCCCn2cc(c3ccccc32)-c2ccnc(n2)Nc2cccc1c2. The molecule has 3 heterocycles. The van der Waals surface area contributed by atoms with E-state index in [0.717, 1.165) is 48.4 Å². The van der Waals surface area contributed by atoms with Crippen molar-refractivity contribution in [3.63, 3.8) is 0 Å². The fraction of sp³-hybridized carbons (Fsp3) is 0.276. The Morgan fingerprint density at radius 3 is 2.60 bits per heavy atom. The summed E-state index contributed by atoms with van der Waals surface area (Å²) in [6, 6.07) is 18.3. The van der Waals surface area contributed by atoms with Gasteiger partial charge in [-0.25, -0.2) is 9.97 Å². The van der Waals surface area contributed by atoms with Crippen molar-refractivity contribution in [3.05, 3.63) is 79.6 Å². The van der Waals surface area contributed by atoms with Gasteiger partial charge in [0.15, 0.2) is 0 Å². The van der Waals surface area contributed by atoms with Crippen LogP contribution in [-0.2, 0) is 11.3 Å². The molecule has 0 unspecified atom stereocenters. The molecule has 1 N–H and O–H groups in total. The Labute approximate surface area is 206 Å². The maximum absolute atomic E-state index is 12.6. The van der Waals surface area contributed by atoms with E-state index in [4.69, 9.17) is 4.98 Å². The van der Waals surface area contributed by atoms with Crippen LogP contribution < -0.4 is 10.2 Å². The molecule has 5 rings (SSSR count). The van der Waals surface area contributed by atoms with E-state index in [2.05, 4.69) is 51.9 Å². The zero-order valence-electron chi connectivity index (χ0n) is 20.0. The Bertz CT molecular complexity index is 1340. The number of amides is 1. The fourth-order valence-corrected chi connectivity index (χ4v) is 4.82. The van der Waals surface area contributed by atoms with E-state index in [9.17, 15) is 4.79 Å². The number of aryl methyl sites for hydroxylation is 1. The second kappa shape index (κ2) is 10.6. The van der Waals surface area contributed by atoms with Gasteiger partial charge in [-0.05, 0) is 49.2 Å². The number of nitrogens with one attached hydrogen (secondary N) is 1. The van der Waals surface area contributed by atoms with Crippen LogP contribution >= 0.6 is 0 Å². The topological polar surface area (TPSA) is 63.1 Å². The molecular formula is C29H31N5O. The van der Waals surface area contributed by atoms with Crippen LogP contribution in [0.2, 0.25) is 0 Å². The van der Waals surface area contributed by atoms with Crippen molar-refractivity contribution in [2.45, 2.75) is 45.1 Å². The highest BCUT2D eigenvalue weighted by Gasteiger charge is 2.15. The molecule has 0 saturated carbocycles. The summed E-state index contributed by atoms with van der Waals surface area (Å²) in [5.74, 6) is 0.443. The molecule has 2 aromatic heterocycles. The van der Waals surface area contributed by atoms with Gasteiger partial charge in [0.25, 0.3) is 0 Å². The second-order valence-corrected chi connectivity index (χ2v) is 9.01. The van der Waals surface area contributed by atoms with E-state index < -0.39 is 0 Å². The number of rotatable bonds is 1. The third-order valence-corrected chi connectivity index (χ3v) is 6.61. The number of anilines is 3. The van der Waals surface area contributed by atoms with Gasteiger partial charge >= 0.3 is 0 Å². The van der Waals surface area contributed by atoms with Crippen LogP contribution in [0.4, 0.5) is 17.3 Å². The molecule has 4 aromatic rings. The molecule has 1 aliphatic rings. The summed E-state index contributed by atoms with van der Waals surface area (Å²) in [5, 5.41) is 4.53. The number of nitrogens with zero attached hydrogens (tertiary/aromatic N) is 4. The molecule has 178 valence electrons. The van der Waals surface area contributed by atoms with E-state index in [-0.39, 0.29) is 5.91 Å². The monoisotopic (exact) mass is 465 g/mol. The lowest BCUT2D eigenvalue weighted by atomic mass is 10.1. The minimum Gasteiger partial charge on any atom is -0.347 e. The first-order valence-corrected chi connectivity index (χ1v) is 12.5. The van der Waals surface area contributed by atoms with Crippen molar-refractivity contribution < 1.29 is 4.79 Å². The number of fused-ring (bicyclic) bond motifs is 10. The Balaban J connectivity index is 1.53. The molecule has 6 bridgehead atoms. The zero-order valence-corrected chi connectivity index (χ0v) is 20.0. The molecule has 1 aliphatic heterocycles. The van der Waals surface area contributed by atoms with Crippen LogP contribution in [0.25, 0.3) is 22.2 Å². The zero-order chi connectivity index (χ0) is 24.0. The molecule has 35 heavy (non-hydrogen) atoms. The highest BCUT2D eigenvalue weighted by molar-refractivity contribution is 6.01. The molecular weight excluding hydrogens is 434 g/mol. The molecule has 6 nitrogen and oxygen atoms in total. The average molecular weight is 466 g/mol. The molecule has 6 heteroatoms. The summed E-state index contributed by atoms with van der Waals surface area (Å²) in [5.41, 5.74) is 4.92. The van der Waals surface area contributed by atoms with Gasteiger partial charge in [-0.1, -0.05) is 56.5 Å². The van der Waals surface area contributed by atoms with Crippen molar-refractivity contribution in [3.8, 4) is 11.3 Å². The van der Waals surface area contributed by atoms with Crippen LogP contribution in [0.3, 0.4) is 0 Å². The smallest absolute Gasteiger partial charge is 0.250 e. The van der Waals surface area contributed by atoms with Crippen LogP contribution in [0.15, 0.2) is 79.6 Å². The summed E-state index contributed by atoms with van der Waals surface area (Å²) in [7, 11) is 0. The van der Waals surface area contributed by atoms with Gasteiger partial charge in [-0.3, -0.25) is 4.79 Å². The second-order valence-electron chi connectivity index (χ2n) is 9.01. The molecule has 0 spiro atoms. The summed E-state index contributed by atoms with van der Waals surface area (Å²) in [6.07, 6.45) is 12.2. The van der Waals surface area contributed by atoms with Crippen molar-refractivity contribution in [1.29, 1.82) is 0 Å². The van der Waals surface area contributed by atoms with Crippen molar-refractivity contribution in [2.75, 3.05) is 16.8 Å². The van der Waals surface area contributed by atoms with Gasteiger partial charge in [0.1, 0.15) is 0 Å². The van der Waals surface area contributed by atoms with Gasteiger partial charge in [0.2, 0.25) is 11.9 Å². The van der Waals surface area contributed by atoms with E-state index in [1.165, 1.54) is 36.2 Å². The highest BCUT2D eigenvalue weighted by atomic mass is 16.2. The predicted molar refractivity (Wildman–Crippen MR) is 143 cm³/mol. The number of hydrogen-bond acceptors (Lipinski definition) is 4. The van der Waals surface area contributed by atoms with Gasteiger partial charge in [-0.2, -0.15) is 0 Å². The van der Waals surface area contributed by atoms with E-state index in [0.29, 0.717) is 12.5 Å². The molecule has 0 saturated heterocycles. The van der Waals surface area contributed by atoms with E-state index in [1.54, 1.807) is 11.1 Å². The lowest BCUT2D eigenvalue weighted by Gasteiger charge is -2.22. The van der Waals surface area contributed by atoms with Crippen molar-refractivity contribution in [2.24, 2.45) is 0 Å². The van der Waals surface area contributed by atoms with Gasteiger partial charge in [-0.15, -0.1) is 0 Å². The number of aromatic nitrogens is 3. The van der Waals surface area contributed by atoms with Gasteiger partial charge < -0.3 is 14.8 Å². The van der Waals surface area contributed by atoms with Crippen LogP contribution in [0, 0.1) is 0 Å². The molecule has 2 aromatic carbocycles. The van der Waals surface area contributed by atoms with Crippen LogP contribution in [0.5, 0.6) is 0 Å². The quantitative estimate of drug-likeness (QED) is 0.317. The fourth-order valence-electron chi connectivity index (χ4n) is 4.82. The highest BCUT2D eigenvalue weighted by Crippen LogP contribution is 2.31. The molecule has 0 fully saturated rings. The minimum atomic E-state index is -0.0815. The van der Waals surface area contributed by atoms with E-state index in [1.807, 2.05) is 30.3 Å². The Hall–Kier alpha value is -3.93. The molecule has 0 radical (unpaired) electrons. The average Bonchev–Trinajstić information content (AvgIpc) is 3.26. The summed E-state index contributed by atoms with van der Waals surface area (Å²) < 4.78 is 2.36. The molecule has 1 amide bonds. The first-order valence-electron chi connectivity index (χ1n) is 12.5. The number of para-hydroxylation sites is 1. The molecule has 0 aliphatic carbocycles. The summed E-state index contributed by atoms with van der Waals surface area (Å²) in [6.45, 7) is 5.37. The standard InChI is InChI=1S/C29H31N5O/c1-2-28(35)34-19-10-6-4-3-5-9-18-33-21-25(24-14-7-8-15-27(24)33)26-16-17-30-29(32-26)31-22-12-11-13-23(34)20-22/h2,7-8,11-17,20-21H,1,3-6,9-10,18-19H2,(H,30,31,32). The minimum absolute atomic E-state index is 0.0815.